The summed E-state index contributed by atoms with van der Waals surface area (Å²) in [7, 11) is 0. The van der Waals surface area contributed by atoms with Gasteiger partial charge < -0.3 is 15.1 Å². The molecular formula is C18H22N2O3. The number of nitrogens with one attached hydrogen (secondary N) is 2. The summed E-state index contributed by atoms with van der Waals surface area (Å²) in [5, 5.41) is 5.59. The number of amides is 2. The van der Waals surface area contributed by atoms with Gasteiger partial charge in [0, 0.05) is 5.56 Å². The van der Waals surface area contributed by atoms with Crippen molar-refractivity contribution in [2.75, 3.05) is 0 Å². The van der Waals surface area contributed by atoms with Crippen molar-refractivity contribution in [1.29, 1.82) is 0 Å². The number of hydrogen-bond donors (Lipinski definition) is 2. The number of carbonyl (C=O) groups excluding carboxylic acids is 2. The Kier molecular flexibility index (Phi) is 5.57. The van der Waals surface area contributed by atoms with Crippen LogP contribution in [0.1, 0.15) is 35.5 Å². The second-order valence-electron chi connectivity index (χ2n) is 5.86. The van der Waals surface area contributed by atoms with E-state index < -0.39 is 6.04 Å². The van der Waals surface area contributed by atoms with Crippen LogP contribution in [0, 0.1) is 12.8 Å². The van der Waals surface area contributed by atoms with Crippen molar-refractivity contribution in [2.45, 2.75) is 33.4 Å². The fraction of sp³-hybridized carbons (Fsp3) is 0.333. The molecule has 2 aromatic rings. The predicted octanol–water partition coefficient (Wildman–Crippen LogP) is 2.66. The van der Waals surface area contributed by atoms with Crippen LogP contribution in [-0.2, 0) is 11.3 Å². The molecule has 1 aromatic carbocycles. The molecule has 1 aromatic heterocycles. The van der Waals surface area contributed by atoms with Crippen molar-refractivity contribution in [1.82, 2.24) is 10.6 Å². The summed E-state index contributed by atoms with van der Waals surface area (Å²) in [4.78, 5) is 24.6. The first-order chi connectivity index (χ1) is 11.0. The van der Waals surface area contributed by atoms with Gasteiger partial charge in [-0.3, -0.25) is 9.59 Å². The van der Waals surface area contributed by atoms with E-state index in [9.17, 15) is 9.59 Å². The molecule has 1 atom stereocenters. The fourth-order valence-corrected chi connectivity index (χ4v) is 2.16. The molecule has 23 heavy (non-hydrogen) atoms. The van der Waals surface area contributed by atoms with Gasteiger partial charge in [0.25, 0.3) is 5.91 Å². The summed E-state index contributed by atoms with van der Waals surface area (Å²) >= 11 is 0. The normalized spacial score (nSPS) is 12.0. The van der Waals surface area contributed by atoms with E-state index in [-0.39, 0.29) is 17.7 Å². The van der Waals surface area contributed by atoms with Crippen LogP contribution >= 0.6 is 0 Å². The molecular weight excluding hydrogens is 292 g/mol. The Morgan fingerprint density at radius 2 is 1.83 bits per heavy atom. The quantitative estimate of drug-likeness (QED) is 0.861. The molecule has 5 nitrogen and oxygen atoms in total. The summed E-state index contributed by atoms with van der Waals surface area (Å²) < 4.78 is 5.18. The smallest absolute Gasteiger partial charge is 0.251 e. The van der Waals surface area contributed by atoms with E-state index in [1.165, 1.54) is 0 Å². The molecule has 0 radical (unpaired) electrons. The standard InChI is InChI=1S/C18H22N2O3/c1-12(2)16(18(22)19-11-15-5-4-10-23-15)20-17(21)14-8-6-13(3)7-9-14/h4-10,12,16H,11H2,1-3H3,(H,19,22)(H,20,21). The van der Waals surface area contributed by atoms with Crippen LogP contribution in [-0.4, -0.2) is 17.9 Å². The van der Waals surface area contributed by atoms with Gasteiger partial charge in [-0.15, -0.1) is 0 Å². The van der Waals surface area contributed by atoms with Crippen molar-refractivity contribution < 1.29 is 14.0 Å². The average Bonchev–Trinajstić information content (AvgIpc) is 3.03. The molecule has 1 heterocycles. The van der Waals surface area contributed by atoms with E-state index in [1.807, 2.05) is 32.9 Å². The van der Waals surface area contributed by atoms with Crippen LogP contribution in [0.15, 0.2) is 47.1 Å². The Morgan fingerprint density at radius 3 is 2.39 bits per heavy atom. The monoisotopic (exact) mass is 314 g/mol. The van der Waals surface area contributed by atoms with Crippen LogP contribution in [0.2, 0.25) is 0 Å². The van der Waals surface area contributed by atoms with Crippen LogP contribution in [0.25, 0.3) is 0 Å². The van der Waals surface area contributed by atoms with Gasteiger partial charge in [-0.1, -0.05) is 31.5 Å². The third-order valence-corrected chi connectivity index (χ3v) is 3.57. The van der Waals surface area contributed by atoms with Gasteiger partial charge >= 0.3 is 0 Å². The molecule has 0 fully saturated rings. The first kappa shape index (κ1) is 16.8. The average molecular weight is 314 g/mol. The van der Waals surface area contributed by atoms with Crippen LogP contribution in [0.5, 0.6) is 0 Å². The Bertz CT molecular complexity index is 645. The predicted molar refractivity (Wildman–Crippen MR) is 87.8 cm³/mol. The van der Waals surface area contributed by atoms with Gasteiger partial charge in [0.05, 0.1) is 12.8 Å². The molecule has 0 bridgehead atoms. The molecule has 0 saturated carbocycles. The SMILES string of the molecule is Cc1ccc(C(=O)NC(C(=O)NCc2ccco2)C(C)C)cc1. The molecule has 2 rings (SSSR count). The molecule has 1 unspecified atom stereocenters. The number of benzene rings is 1. The Labute approximate surface area is 136 Å². The zero-order chi connectivity index (χ0) is 16.8. The van der Waals surface area contributed by atoms with Gasteiger partial charge in [0.1, 0.15) is 11.8 Å². The van der Waals surface area contributed by atoms with Gasteiger partial charge in [-0.2, -0.15) is 0 Å². The molecule has 0 spiro atoms. The van der Waals surface area contributed by atoms with Gasteiger partial charge in [-0.25, -0.2) is 0 Å². The molecule has 0 aliphatic carbocycles. The number of hydrogen-bond acceptors (Lipinski definition) is 3. The fourth-order valence-electron chi connectivity index (χ4n) is 2.16. The van der Waals surface area contributed by atoms with E-state index in [2.05, 4.69) is 10.6 Å². The lowest BCUT2D eigenvalue weighted by molar-refractivity contribution is -0.124. The maximum Gasteiger partial charge on any atom is 0.251 e. The molecule has 5 heteroatoms. The number of rotatable bonds is 6. The van der Waals surface area contributed by atoms with Crippen molar-refractivity contribution in [3.8, 4) is 0 Å². The maximum atomic E-state index is 12.3. The summed E-state index contributed by atoms with van der Waals surface area (Å²) in [6.07, 6.45) is 1.56. The summed E-state index contributed by atoms with van der Waals surface area (Å²) in [5.74, 6) is 0.167. The van der Waals surface area contributed by atoms with Crippen molar-refractivity contribution >= 4 is 11.8 Å². The van der Waals surface area contributed by atoms with E-state index in [1.54, 1.807) is 30.5 Å². The minimum Gasteiger partial charge on any atom is -0.467 e. The van der Waals surface area contributed by atoms with Gasteiger partial charge in [0.15, 0.2) is 0 Å². The Balaban J connectivity index is 1.98. The molecule has 0 aliphatic heterocycles. The van der Waals surface area contributed by atoms with Crippen molar-refractivity contribution in [3.63, 3.8) is 0 Å². The van der Waals surface area contributed by atoms with Crippen LogP contribution in [0.3, 0.4) is 0 Å². The highest BCUT2D eigenvalue weighted by Gasteiger charge is 2.24. The van der Waals surface area contributed by atoms with E-state index >= 15 is 0 Å². The molecule has 0 saturated heterocycles. The zero-order valence-electron chi connectivity index (χ0n) is 13.6. The van der Waals surface area contributed by atoms with E-state index in [0.717, 1.165) is 5.56 Å². The summed E-state index contributed by atoms with van der Waals surface area (Å²) in [6, 6.07) is 10.2. The van der Waals surface area contributed by atoms with E-state index in [4.69, 9.17) is 4.42 Å². The topological polar surface area (TPSA) is 71.3 Å². The van der Waals surface area contributed by atoms with Crippen molar-refractivity contribution in [2.24, 2.45) is 5.92 Å². The Hall–Kier alpha value is -2.56. The first-order valence-corrected chi connectivity index (χ1v) is 7.65. The number of carbonyl (C=O) groups is 2. The van der Waals surface area contributed by atoms with Crippen LogP contribution in [0.4, 0.5) is 0 Å². The van der Waals surface area contributed by atoms with Crippen molar-refractivity contribution in [3.05, 3.63) is 59.5 Å². The maximum absolute atomic E-state index is 12.3. The number of aryl methyl sites for hydroxylation is 1. The third kappa shape index (κ3) is 4.71. The lowest BCUT2D eigenvalue weighted by Crippen LogP contribution is -2.49. The molecule has 0 aliphatic rings. The lowest BCUT2D eigenvalue weighted by atomic mass is 10.0. The summed E-state index contributed by atoms with van der Waals surface area (Å²) in [5.41, 5.74) is 1.62. The largest absolute Gasteiger partial charge is 0.467 e. The number of furan rings is 1. The second-order valence-corrected chi connectivity index (χ2v) is 5.86. The second kappa shape index (κ2) is 7.63. The zero-order valence-corrected chi connectivity index (χ0v) is 13.6. The Morgan fingerprint density at radius 1 is 1.13 bits per heavy atom. The van der Waals surface area contributed by atoms with Gasteiger partial charge in [0.2, 0.25) is 5.91 Å². The van der Waals surface area contributed by atoms with E-state index in [0.29, 0.717) is 17.9 Å². The molecule has 122 valence electrons. The van der Waals surface area contributed by atoms with Crippen LogP contribution < -0.4 is 10.6 Å². The summed E-state index contributed by atoms with van der Waals surface area (Å²) in [6.45, 7) is 6.05. The highest BCUT2D eigenvalue weighted by Crippen LogP contribution is 2.07. The molecule has 2 amide bonds. The highest BCUT2D eigenvalue weighted by atomic mass is 16.3. The third-order valence-electron chi connectivity index (χ3n) is 3.57. The minimum absolute atomic E-state index is 0.0269. The lowest BCUT2D eigenvalue weighted by Gasteiger charge is -2.21. The van der Waals surface area contributed by atoms with Gasteiger partial charge in [-0.05, 0) is 37.1 Å². The minimum atomic E-state index is -0.598. The highest BCUT2D eigenvalue weighted by molar-refractivity contribution is 5.97. The first-order valence-electron chi connectivity index (χ1n) is 7.65. The molecule has 2 N–H and O–H groups in total.